The standard InChI is InChI=1S/C17H21NO2S/c1-12-7-14-8-16(19-2)15(9-17(14)20-12)10-18-5-3-13-4-6-21-11-13/h4,6,8-9,11-12,18H,3,5,7,10H2,1-2H3. The van der Waals surface area contributed by atoms with E-state index in [0.29, 0.717) is 0 Å². The van der Waals surface area contributed by atoms with Crippen LogP contribution in [0, 0.1) is 0 Å². The van der Waals surface area contributed by atoms with Crippen LogP contribution in [0.4, 0.5) is 0 Å². The van der Waals surface area contributed by atoms with Gasteiger partial charge in [-0.3, -0.25) is 0 Å². The number of nitrogens with one attached hydrogen (secondary N) is 1. The van der Waals surface area contributed by atoms with Crippen LogP contribution in [0.15, 0.2) is 29.0 Å². The van der Waals surface area contributed by atoms with Crippen LogP contribution in [0.1, 0.15) is 23.6 Å². The van der Waals surface area contributed by atoms with Crippen molar-refractivity contribution in [3.63, 3.8) is 0 Å². The quantitative estimate of drug-likeness (QED) is 0.830. The third kappa shape index (κ3) is 3.39. The molecule has 112 valence electrons. The Hall–Kier alpha value is -1.52. The summed E-state index contributed by atoms with van der Waals surface area (Å²) in [5.41, 5.74) is 3.81. The summed E-state index contributed by atoms with van der Waals surface area (Å²) < 4.78 is 11.3. The Morgan fingerprint density at radius 2 is 2.33 bits per heavy atom. The number of hydrogen-bond acceptors (Lipinski definition) is 4. The van der Waals surface area contributed by atoms with E-state index in [1.807, 2.05) is 0 Å². The molecule has 0 spiro atoms. The van der Waals surface area contributed by atoms with Crippen molar-refractivity contribution < 1.29 is 9.47 Å². The van der Waals surface area contributed by atoms with E-state index in [1.54, 1.807) is 18.4 Å². The van der Waals surface area contributed by atoms with Crippen molar-refractivity contribution in [2.45, 2.75) is 32.4 Å². The number of rotatable bonds is 6. The van der Waals surface area contributed by atoms with Crippen molar-refractivity contribution in [3.8, 4) is 11.5 Å². The van der Waals surface area contributed by atoms with E-state index in [0.717, 1.165) is 43.0 Å². The monoisotopic (exact) mass is 303 g/mol. The smallest absolute Gasteiger partial charge is 0.123 e. The van der Waals surface area contributed by atoms with Crippen molar-refractivity contribution in [2.24, 2.45) is 0 Å². The zero-order valence-corrected chi connectivity index (χ0v) is 13.3. The van der Waals surface area contributed by atoms with Crippen LogP contribution in [-0.4, -0.2) is 19.8 Å². The van der Waals surface area contributed by atoms with Crippen molar-refractivity contribution in [2.75, 3.05) is 13.7 Å². The second-order valence-corrected chi connectivity index (χ2v) is 6.24. The van der Waals surface area contributed by atoms with Gasteiger partial charge in [0, 0.05) is 24.1 Å². The molecule has 1 N–H and O–H groups in total. The molecular formula is C17H21NO2S. The van der Waals surface area contributed by atoms with Crippen molar-refractivity contribution in [1.29, 1.82) is 0 Å². The molecule has 4 heteroatoms. The molecule has 0 radical (unpaired) electrons. The molecule has 1 aliphatic rings. The zero-order chi connectivity index (χ0) is 14.7. The van der Waals surface area contributed by atoms with Gasteiger partial charge in [-0.05, 0) is 54.4 Å². The molecule has 0 saturated carbocycles. The fraction of sp³-hybridized carbons (Fsp3) is 0.412. The van der Waals surface area contributed by atoms with Crippen molar-refractivity contribution >= 4 is 11.3 Å². The lowest BCUT2D eigenvalue weighted by atomic mass is 10.1. The number of thiophene rings is 1. The molecule has 0 bridgehead atoms. The Bertz CT molecular complexity index is 595. The summed E-state index contributed by atoms with van der Waals surface area (Å²) in [7, 11) is 1.73. The number of benzene rings is 1. The molecule has 21 heavy (non-hydrogen) atoms. The summed E-state index contributed by atoms with van der Waals surface area (Å²) in [5, 5.41) is 7.81. The van der Waals surface area contributed by atoms with Gasteiger partial charge in [-0.25, -0.2) is 0 Å². The summed E-state index contributed by atoms with van der Waals surface area (Å²) in [6.07, 6.45) is 2.30. The van der Waals surface area contributed by atoms with Crippen molar-refractivity contribution in [3.05, 3.63) is 45.6 Å². The lowest BCUT2D eigenvalue weighted by Gasteiger charge is -2.12. The minimum absolute atomic E-state index is 0.270. The average molecular weight is 303 g/mol. The molecule has 2 heterocycles. The first-order valence-electron chi connectivity index (χ1n) is 7.34. The molecule has 1 unspecified atom stereocenters. The third-order valence-electron chi connectivity index (χ3n) is 3.79. The first kappa shape index (κ1) is 14.4. The topological polar surface area (TPSA) is 30.5 Å². The van der Waals surface area contributed by atoms with E-state index in [1.165, 1.54) is 11.1 Å². The summed E-state index contributed by atoms with van der Waals surface area (Å²) in [4.78, 5) is 0. The van der Waals surface area contributed by atoms with E-state index in [2.05, 4.69) is 41.2 Å². The number of ether oxygens (including phenoxy) is 2. The summed E-state index contributed by atoms with van der Waals surface area (Å²) in [6.45, 7) is 3.87. The van der Waals surface area contributed by atoms with Gasteiger partial charge >= 0.3 is 0 Å². The van der Waals surface area contributed by atoms with Gasteiger partial charge < -0.3 is 14.8 Å². The normalized spacial score (nSPS) is 16.6. The second kappa shape index (κ2) is 6.50. The molecule has 0 aliphatic carbocycles. The fourth-order valence-electron chi connectivity index (χ4n) is 2.70. The second-order valence-electron chi connectivity index (χ2n) is 5.46. The number of hydrogen-bond donors (Lipinski definition) is 1. The molecule has 2 aromatic rings. The molecule has 1 aromatic carbocycles. The van der Waals surface area contributed by atoms with Crippen molar-refractivity contribution in [1.82, 2.24) is 5.32 Å². The van der Waals surface area contributed by atoms with Gasteiger partial charge in [0.25, 0.3) is 0 Å². The van der Waals surface area contributed by atoms with E-state index in [-0.39, 0.29) is 6.10 Å². The Morgan fingerprint density at radius 1 is 1.43 bits per heavy atom. The highest BCUT2D eigenvalue weighted by Crippen LogP contribution is 2.34. The minimum atomic E-state index is 0.270. The van der Waals surface area contributed by atoms with Crippen LogP contribution >= 0.6 is 11.3 Å². The highest BCUT2D eigenvalue weighted by molar-refractivity contribution is 7.07. The SMILES string of the molecule is COc1cc2c(cc1CNCCc1ccsc1)OC(C)C2. The maximum atomic E-state index is 5.83. The Kier molecular flexibility index (Phi) is 4.46. The molecule has 3 rings (SSSR count). The Labute approximate surface area is 129 Å². The maximum absolute atomic E-state index is 5.83. The average Bonchev–Trinajstić information content (AvgIpc) is 3.10. The Morgan fingerprint density at radius 3 is 3.10 bits per heavy atom. The molecule has 0 amide bonds. The minimum Gasteiger partial charge on any atom is -0.496 e. The van der Waals surface area contributed by atoms with Gasteiger partial charge in [0.05, 0.1) is 7.11 Å². The highest BCUT2D eigenvalue weighted by Gasteiger charge is 2.21. The molecular weight excluding hydrogens is 282 g/mol. The first-order chi connectivity index (χ1) is 10.3. The molecule has 3 nitrogen and oxygen atoms in total. The summed E-state index contributed by atoms with van der Waals surface area (Å²) in [5.74, 6) is 1.97. The number of methoxy groups -OCH3 is 1. The van der Waals surface area contributed by atoms with Gasteiger partial charge in [0.15, 0.2) is 0 Å². The predicted molar refractivity (Wildman–Crippen MR) is 86.5 cm³/mol. The zero-order valence-electron chi connectivity index (χ0n) is 12.5. The van der Waals surface area contributed by atoms with E-state index >= 15 is 0 Å². The predicted octanol–water partition coefficient (Wildman–Crippen LogP) is 3.41. The van der Waals surface area contributed by atoms with E-state index < -0.39 is 0 Å². The van der Waals surface area contributed by atoms with Gasteiger partial charge in [0.2, 0.25) is 0 Å². The number of fused-ring (bicyclic) bond motifs is 1. The van der Waals surface area contributed by atoms with Gasteiger partial charge in [-0.1, -0.05) is 0 Å². The first-order valence-corrected chi connectivity index (χ1v) is 8.29. The molecule has 0 fully saturated rings. The van der Waals surface area contributed by atoms with Crippen LogP contribution in [0.3, 0.4) is 0 Å². The fourth-order valence-corrected chi connectivity index (χ4v) is 3.40. The van der Waals surface area contributed by atoms with E-state index in [4.69, 9.17) is 9.47 Å². The van der Waals surface area contributed by atoms with Gasteiger partial charge in [-0.2, -0.15) is 11.3 Å². The van der Waals surface area contributed by atoms with Crippen LogP contribution in [0.25, 0.3) is 0 Å². The largest absolute Gasteiger partial charge is 0.496 e. The highest BCUT2D eigenvalue weighted by atomic mass is 32.1. The molecule has 1 aromatic heterocycles. The van der Waals surface area contributed by atoms with Gasteiger partial charge in [-0.15, -0.1) is 0 Å². The van der Waals surface area contributed by atoms with Crippen LogP contribution in [-0.2, 0) is 19.4 Å². The lowest BCUT2D eigenvalue weighted by Crippen LogP contribution is -2.17. The Balaban J connectivity index is 1.61. The van der Waals surface area contributed by atoms with Gasteiger partial charge in [0.1, 0.15) is 17.6 Å². The molecule has 1 aliphatic heterocycles. The van der Waals surface area contributed by atoms with Crippen LogP contribution < -0.4 is 14.8 Å². The molecule has 1 atom stereocenters. The lowest BCUT2D eigenvalue weighted by molar-refractivity contribution is 0.254. The summed E-state index contributed by atoms with van der Waals surface area (Å²) >= 11 is 1.75. The third-order valence-corrected chi connectivity index (χ3v) is 4.52. The van der Waals surface area contributed by atoms with Crippen LogP contribution in [0.5, 0.6) is 11.5 Å². The summed E-state index contributed by atoms with van der Waals surface area (Å²) in [6, 6.07) is 6.42. The maximum Gasteiger partial charge on any atom is 0.123 e. The van der Waals surface area contributed by atoms with E-state index in [9.17, 15) is 0 Å². The van der Waals surface area contributed by atoms with Crippen LogP contribution in [0.2, 0.25) is 0 Å². The molecule has 0 saturated heterocycles.